The summed E-state index contributed by atoms with van der Waals surface area (Å²) in [5.41, 5.74) is 6.56. The Balaban J connectivity index is 1.60. The Morgan fingerprint density at radius 2 is 2.11 bits per heavy atom. The Hall–Kier alpha value is -2.66. The molecule has 138 valence electrons. The van der Waals surface area contributed by atoms with Crippen LogP contribution in [0.4, 0.5) is 5.69 Å². The minimum atomic E-state index is -0.0310. The Morgan fingerprint density at radius 3 is 2.85 bits per heavy atom. The Bertz CT molecular complexity index is 966. The molecule has 1 N–H and O–H groups in total. The van der Waals surface area contributed by atoms with Crippen molar-refractivity contribution in [3.63, 3.8) is 0 Å². The number of aromatic amines is 1. The van der Waals surface area contributed by atoms with Gasteiger partial charge < -0.3 is 4.90 Å². The Kier molecular flexibility index (Phi) is 4.94. The SMILES string of the molecule is Cc1n[nH]c(C)c1N(Cc1cccs1)C(=O)C=Cc1ccc2c(c1)CCC2. The molecule has 2 heterocycles. The fraction of sp³-hybridized carbons (Fsp3) is 0.273. The van der Waals surface area contributed by atoms with Crippen molar-refractivity contribution >= 4 is 29.0 Å². The van der Waals surface area contributed by atoms with Crippen molar-refractivity contribution in [1.82, 2.24) is 10.2 Å². The molecule has 5 heteroatoms. The molecule has 27 heavy (non-hydrogen) atoms. The fourth-order valence-corrected chi connectivity index (χ4v) is 4.41. The largest absolute Gasteiger partial charge is 0.300 e. The maximum absolute atomic E-state index is 13.1. The molecule has 0 bridgehead atoms. The predicted molar refractivity (Wildman–Crippen MR) is 111 cm³/mol. The van der Waals surface area contributed by atoms with Gasteiger partial charge in [-0.2, -0.15) is 5.10 Å². The molecule has 0 spiro atoms. The van der Waals surface area contributed by atoms with Crippen molar-refractivity contribution < 1.29 is 4.79 Å². The molecule has 0 fully saturated rings. The van der Waals surface area contributed by atoms with Crippen molar-refractivity contribution in [1.29, 1.82) is 0 Å². The minimum Gasteiger partial charge on any atom is -0.300 e. The summed E-state index contributed by atoms with van der Waals surface area (Å²) in [6.07, 6.45) is 7.15. The third kappa shape index (κ3) is 3.74. The average Bonchev–Trinajstić information content (AvgIpc) is 3.40. The highest BCUT2D eigenvalue weighted by molar-refractivity contribution is 7.09. The summed E-state index contributed by atoms with van der Waals surface area (Å²) in [4.78, 5) is 16.0. The second kappa shape index (κ2) is 7.53. The maximum atomic E-state index is 13.1. The van der Waals surface area contributed by atoms with Gasteiger partial charge in [-0.1, -0.05) is 24.3 Å². The summed E-state index contributed by atoms with van der Waals surface area (Å²) in [5.74, 6) is -0.0310. The first-order chi connectivity index (χ1) is 13.1. The van der Waals surface area contributed by atoms with Gasteiger partial charge in [-0.25, -0.2) is 0 Å². The smallest absolute Gasteiger partial charge is 0.251 e. The normalized spacial score (nSPS) is 13.3. The van der Waals surface area contributed by atoms with Crippen LogP contribution in [0.2, 0.25) is 0 Å². The number of nitrogens with zero attached hydrogens (tertiary/aromatic N) is 2. The van der Waals surface area contributed by atoms with E-state index in [0.717, 1.165) is 33.9 Å². The molecular formula is C22H23N3OS. The first-order valence-electron chi connectivity index (χ1n) is 9.27. The lowest BCUT2D eigenvalue weighted by atomic mass is 10.1. The molecule has 1 aliphatic carbocycles. The first kappa shape index (κ1) is 17.7. The third-order valence-corrected chi connectivity index (χ3v) is 5.92. The lowest BCUT2D eigenvalue weighted by Crippen LogP contribution is -2.29. The number of hydrogen-bond donors (Lipinski definition) is 1. The van der Waals surface area contributed by atoms with Crippen molar-refractivity contribution in [2.45, 2.75) is 39.7 Å². The molecule has 0 atom stereocenters. The highest BCUT2D eigenvalue weighted by atomic mass is 32.1. The van der Waals surface area contributed by atoms with Crippen LogP contribution in [0.15, 0.2) is 41.8 Å². The molecular weight excluding hydrogens is 354 g/mol. The fourth-order valence-electron chi connectivity index (χ4n) is 3.72. The zero-order valence-corrected chi connectivity index (χ0v) is 16.5. The lowest BCUT2D eigenvalue weighted by Gasteiger charge is -2.21. The van der Waals surface area contributed by atoms with E-state index in [1.165, 1.54) is 24.0 Å². The summed E-state index contributed by atoms with van der Waals surface area (Å²) in [6.45, 7) is 4.43. The number of amides is 1. The van der Waals surface area contributed by atoms with Gasteiger partial charge in [0.2, 0.25) is 0 Å². The molecule has 1 aromatic carbocycles. The second-order valence-electron chi connectivity index (χ2n) is 7.00. The summed E-state index contributed by atoms with van der Waals surface area (Å²) in [5, 5.41) is 9.29. The van der Waals surface area contributed by atoms with E-state index in [4.69, 9.17) is 0 Å². The Labute approximate surface area is 163 Å². The first-order valence-corrected chi connectivity index (χ1v) is 10.1. The number of anilines is 1. The van der Waals surface area contributed by atoms with Gasteiger partial charge in [-0.05, 0) is 67.3 Å². The molecule has 3 aromatic rings. The number of aryl methyl sites for hydroxylation is 4. The number of carbonyl (C=O) groups is 1. The van der Waals surface area contributed by atoms with Crippen LogP contribution < -0.4 is 4.90 Å². The number of aromatic nitrogens is 2. The highest BCUT2D eigenvalue weighted by Crippen LogP contribution is 2.27. The molecule has 0 radical (unpaired) electrons. The highest BCUT2D eigenvalue weighted by Gasteiger charge is 2.21. The number of fused-ring (bicyclic) bond motifs is 1. The van der Waals surface area contributed by atoms with Gasteiger partial charge in [-0.3, -0.25) is 9.89 Å². The quantitative estimate of drug-likeness (QED) is 0.648. The van der Waals surface area contributed by atoms with E-state index in [9.17, 15) is 4.79 Å². The topological polar surface area (TPSA) is 49.0 Å². The van der Waals surface area contributed by atoms with Crippen molar-refractivity contribution in [2.75, 3.05) is 4.90 Å². The van der Waals surface area contributed by atoms with Gasteiger partial charge in [-0.15, -0.1) is 11.3 Å². The van der Waals surface area contributed by atoms with Crippen LogP contribution in [-0.2, 0) is 24.2 Å². The van der Waals surface area contributed by atoms with E-state index < -0.39 is 0 Å². The number of benzene rings is 1. The molecule has 0 aliphatic heterocycles. The number of rotatable bonds is 5. The van der Waals surface area contributed by atoms with Gasteiger partial charge >= 0.3 is 0 Å². The molecule has 4 rings (SSSR count). The molecule has 2 aromatic heterocycles. The number of H-pyrrole nitrogens is 1. The summed E-state index contributed by atoms with van der Waals surface area (Å²) < 4.78 is 0. The van der Waals surface area contributed by atoms with E-state index in [2.05, 4.69) is 34.5 Å². The van der Waals surface area contributed by atoms with Crippen LogP contribution in [0.5, 0.6) is 0 Å². The molecule has 1 amide bonds. The summed E-state index contributed by atoms with van der Waals surface area (Å²) >= 11 is 1.66. The van der Waals surface area contributed by atoms with E-state index in [-0.39, 0.29) is 5.91 Å². The van der Waals surface area contributed by atoms with Crippen LogP contribution in [0.25, 0.3) is 6.08 Å². The Morgan fingerprint density at radius 1 is 1.26 bits per heavy atom. The number of thiophene rings is 1. The van der Waals surface area contributed by atoms with Crippen molar-refractivity contribution in [2.24, 2.45) is 0 Å². The predicted octanol–water partition coefficient (Wildman–Crippen LogP) is 4.82. The van der Waals surface area contributed by atoms with E-state index >= 15 is 0 Å². The van der Waals surface area contributed by atoms with Gasteiger partial charge in [0.15, 0.2) is 0 Å². The summed E-state index contributed by atoms with van der Waals surface area (Å²) in [6, 6.07) is 10.6. The second-order valence-corrected chi connectivity index (χ2v) is 8.03. The van der Waals surface area contributed by atoms with Gasteiger partial charge in [0.05, 0.1) is 23.6 Å². The standard InChI is InChI=1S/C22H23N3OS/c1-15-22(16(2)24-23-15)25(14-20-7-4-12-27-20)21(26)11-9-17-8-10-18-5-3-6-19(18)13-17/h4,7-13H,3,5-6,14H2,1-2H3,(H,23,24). The van der Waals surface area contributed by atoms with Gasteiger partial charge in [0, 0.05) is 11.0 Å². The van der Waals surface area contributed by atoms with Crippen LogP contribution in [0.1, 0.15) is 39.4 Å². The number of hydrogen-bond acceptors (Lipinski definition) is 3. The maximum Gasteiger partial charge on any atom is 0.251 e. The van der Waals surface area contributed by atoms with Crippen molar-refractivity contribution in [3.05, 3.63) is 74.7 Å². The van der Waals surface area contributed by atoms with Gasteiger partial charge in [0.25, 0.3) is 5.91 Å². The van der Waals surface area contributed by atoms with Crippen LogP contribution in [0.3, 0.4) is 0 Å². The number of carbonyl (C=O) groups excluding carboxylic acids is 1. The van der Waals surface area contributed by atoms with E-state index in [1.807, 2.05) is 36.3 Å². The zero-order chi connectivity index (χ0) is 18.8. The monoisotopic (exact) mass is 377 g/mol. The molecule has 0 unspecified atom stereocenters. The van der Waals surface area contributed by atoms with E-state index in [0.29, 0.717) is 6.54 Å². The third-order valence-electron chi connectivity index (χ3n) is 5.06. The van der Waals surface area contributed by atoms with Gasteiger partial charge in [0.1, 0.15) is 0 Å². The van der Waals surface area contributed by atoms with Crippen molar-refractivity contribution in [3.8, 4) is 0 Å². The van der Waals surface area contributed by atoms with Crippen LogP contribution in [-0.4, -0.2) is 16.1 Å². The number of nitrogens with one attached hydrogen (secondary N) is 1. The zero-order valence-electron chi connectivity index (χ0n) is 15.7. The van der Waals surface area contributed by atoms with Crippen LogP contribution >= 0.6 is 11.3 Å². The van der Waals surface area contributed by atoms with Crippen LogP contribution in [0, 0.1) is 13.8 Å². The minimum absolute atomic E-state index is 0.0310. The molecule has 0 saturated heterocycles. The summed E-state index contributed by atoms with van der Waals surface area (Å²) in [7, 11) is 0. The van der Waals surface area contributed by atoms with E-state index in [1.54, 1.807) is 17.4 Å². The molecule has 1 aliphatic rings. The lowest BCUT2D eigenvalue weighted by molar-refractivity contribution is -0.114. The molecule has 4 nitrogen and oxygen atoms in total. The molecule has 0 saturated carbocycles. The average molecular weight is 378 g/mol.